The van der Waals surface area contributed by atoms with Crippen LogP contribution in [0.4, 0.5) is 4.79 Å². The Morgan fingerprint density at radius 3 is 2.57 bits per heavy atom. The lowest BCUT2D eigenvalue weighted by Gasteiger charge is -2.35. The minimum Gasteiger partial charge on any atom is -0.480 e. The van der Waals surface area contributed by atoms with Crippen LogP contribution in [0.5, 0.6) is 0 Å². The molecule has 3 fully saturated rings. The van der Waals surface area contributed by atoms with Gasteiger partial charge in [0.1, 0.15) is 6.04 Å². The highest BCUT2D eigenvalue weighted by Crippen LogP contribution is 2.40. The molecule has 0 bridgehead atoms. The van der Waals surface area contributed by atoms with Crippen molar-refractivity contribution in [2.24, 2.45) is 11.8 Å². The van der Waals surface area contributed by atoms with Gasteiger partial charge in [0, 0.05) is 31.7 Å². The molecule has 2 heterocycles. The van der Waals surface area contributed by atoms with Crippen LogP contribution in [-0.4, -0.2) is 63.8 Å². The van der Waals surface area contributed by atoms with Gasteiger partial charge in [-0.2, -0.15) is 0 Å². The molecule has 6 heteroatoms. The number of nitrogens with zero attached hydrogens (tertiary/aromatic N) is 2. The zero-order chi connectivity index (χ0) is 15.0. The van der Waals surface area contributed by atoms with Gasteiger partial charge in [-0.15, -0.1) is 0 Å². The van der Waals surface area contributed by atoms with Crippen molar-refractivity contribution in [3.8, 4) is 0 Å². The van der Waals surface area contributed by atoms with E-state index >= 15 is 0 Å². The van der Waals surface area contributed by atoms with Gasteiger partial charge >= 0.3 is 12.0 Å². The molecule has 118 valence electrons. The number of carbonyl (C=O) groups excluding carboxylic acids is 1. The van der Waals surface area contributed by atoms with Gasteiger partial charge in [0.25, 0.3) is 0 Å². The van der Waals surface area contributed by atoms with Crippen molar-refractivity contribution >= 4 is 12.0 Å². The number of carboxylic acid groups (broad SMARTS) is 1. The standard InChI is InChI=1S/C15H24N2O4/c18-9-10-5-6-16(8-10)15(21)17-12-4-2-1-3-11(12)7-13(17)14(19)20/h10-13,18H,1-9H2,(H,19,20). The van der Waals surface area contributed by atoms with Crippen molar-refractivity contribution in [1.29, 1.82) is 0 Å². The van der Waals surface area contributed by atoms with Gasteiger partial charge in [-0.25, -0.2) is 9.59 Å². The van der Waals surface area contributed by atoms with E-state index in [1.54, 1.807) is 9.80 Å². The van der Waals surface area contributed by atoms with Gasteiger partial charge < -0.3 is 20.0 Å². The number of amides is 2. The lowest BCUT2D eigenvalue weighted by Crippen LogP contribution is -2.51. The number of hydrogen-bond donors (Lipinski definition) is 2. The molecule has 4 atom stereocenters. The molecule has 3 aliphatic rings. The van der Waals surface area contributed by atoms with Gasteiger partial charge in [0.2, 0.25) is 0 Å². The Balaban J connectivity index is 1.76. The maximum absolute atomic E-state index is 12.8. The van der Waals surface area contributed by atoms with Crippen LogP contribution in [-0.2, 0) is 4.79 Å². The summed E-state index contributed by atoms with van der Waals surface area (Å²) in [7, 11) is 0. The number of carboxylic acids is 1. The van der Waals surface area contributed by atoms with Crippen LogP contribution in [0.3, 0.4) is 0 Å². The van der Waals surface area contributed by atoms with Crippen LogP contribution in [0.25, 0.3) is 0 Å². The third-order valence-corrected chi connectivity index (χ3v) is 5.41. The topological polar surface area (TPSA) is 81.1 Å². The van der Waals surface area contributed by atoms with Gasteiger partial charge in [-0.3, -0.25) is 0 Å². The molecule has 3 rings (SSSR count). The summed E-state index contributed by atoms with van der Waals surface area (Å²) >= 11 is 0. The maximum atomic E-state index is 12.8. The first-order valence-corrected chi connectivity index (χ1v) is 8.02. The number of urea groups is 1. The molecule has 4 unspecified atom stereocenters. The van der Waals surface area contributed by atoms with Crippen molar-refractivity contribution in [3.63, 3.8) is 0 Å². The molecular formula is C15H24N2O4. The molecular weight excluding hydrogens is 272 g/mol. The van der Waals surface area contributed by atoms with E-state index < -0.39 is 12.0 Å². The van der Waals surface area contributed by atoms with Crippen molar-refractivity contribution in [2.45, 2.75) is 50.6 Å². The third-order valence-electron chi connectivity index (χ3n) is 5.41. The molecule has 2 aliphatic heterocycles. The molecule has 2 amide bonds. The normalized spacial score (nSPS) is 35.9. The number of aliphatic carboxylic acids is 1. The van der Waals surface area contributed by atoms with Gasteiger partial charge in [-0.05, 0) is 31.6 Å². The van der Waals surface area contributed by atoms with Crippen molar-refractivity contribution in [1.82, 2.24) is 9.80 Å². The molecule has 0 aromatic carbocycles. The smallest absolute Gasteiger partial charge is 0.326 e. The minimum absolute atomic E-state index is 0.0954. The first-order valence-electron chi connectivity index (χ1n) is 8.02. The minimum atomic E-state index is -0.879. The fraction of sp³-hybridized carbons (Fsp3) is 0.867. The van der Waals surface area contributed by atoms with E-state index in [0.717, 1.165) is 32.1 Å². The fourth-order valence-corrected chi connectivity index (χ4v) is 4.27. The van der Waals surface area contributed by atoms with E-state index in [1.165, 1.54) is 0 Å². The summed E-state index contributed by atoms with van der Waals surface area (Å²) in [4.78, 5) is 27.7. The Labute approximate surface area is 124 Å². The highest BCUT2D eigenvalue weighted by Gasteiger charge is 2.49. The Bertz CT molecular complexity index is 428. The van der Waals surface area contributed by atoms with Gasteiger partial charge in [-0.1, -0.05) is 12.8 Å². The summed E-state index contributed by atoms with van der Waals surface area (Å²) in [6.07, 6.45) is 5.60. The van der Waals surface area contributed by atoms with Crippen LogP contribution in [0.1, 0.15) is 38.5 Å². The Hall–Kier alpha value is -1.30. The quantitative estimate of drug-likeness (QED) is 0.800. The van der Waals surface area contributed by atoms with E-state index in [-0.39, 0.29) is 24.6 Å². The lowest BCUT2D eigenvalue weighted by atomic mass is 9.85. The van der Waals surface area contributed by atoms with Crippen LogP contribution in [0, 0.1) is 11.8 Å². The summed E-state index contributed by atoms with van der Waals surface area (Å²) in [6.45, 7) is 1.28. The molecule has 0 spiro atoms. The summed E-state index contributed by atoms with van der Waals surface area (Å²) < 4.78 is 0. The number of fused-ring (bicyclic) bond motifs is 1. The van der Waals surface area contributed by atoms with E-state index in [9.17, 15) is 19.8 Å². The Morgan fingerprint density at radius 2 is 1.90 bits per heavy atom. The zero-order valence-electron chi connectivity index (χ0n) is 12.3. The monoisotopic (exact) mass is 296 g/mol. The molecule has 0 aromatic heterocycles. The predicted molar refractivity (Wildman–Crippen MR) is 75.8 cm³/mol. The molecule has 0 radical (unpaired) electrons. The number of aliphatic hydroxyl groups excluding tert-OH is 1. The molecule has 1 saturated carbocycles. The number of hydrogen-bond acceptors (Lipinski definition) is 3. The van der Waals surface area contributed by atoms with Crippen LogP contribution >= 0.6 is 0 Å². The average molecular weight is 296 g/mol. The third kappa shape index (κ3) is 2.61. The number of aliphatic hydroxyl groups is 1. The van der Waals surface area contributed by atoms with Crippen LogP contribution < -0.4 is 0 Å². The van der Waals surface area contributed by atoms with Crippen molar-refractivity contribution in [3.05, 3.63) is 0 Å². The molecule has 21 heavy (non-hydrogen) atoms. The second kappa shape index (κ2) is 5.83. The summed E-state index contributed by atoms with van der Waals surface area (Å²) in [5.41, 5.74) is 0. The van der Waals surface area contributed by atoms with Crippen LogP contribution in [0.15, 0.2) is 0 Å². The fourth-order valence-electron chi connectivity index (χ4n) is 4.27. The molecule has 1 aliphatic carbocycles. The van der Waals surface area contributed by atoms with Gasteiger partial charge in [0.15, 0.2) is 0 Å². The first-order chi connectivity index (χ1) is 10.1. The van der Waals surface area contributed by atoms with E-state index in [2.05, 4.69) is 0 Å². The van der Waals surface area contributed by atoms with E-state index in [4.69, 9.17) is 0 Å². The zero-order valence-corrected chi connectivity index (χ0v) is 12.3. The Kier molecular flexibility index (Phi) is 4.06. The molecule has 6 nitrogen and oxygen atoms in total. The maximum Gasteiger partial charge on any atom is 0.326 e. The number of likely N-dealkylation sites (tertiary alicyclic amines) is 2. The Morgan fingerprint density at radius 1 is 1.14 bits per heavy atom. The highest BCUT2D eigenvalue weighted by molar-refractivity contribution is 5.84. The summed E-state index contributed by atoms with van der Waals surface area (Å²) in [6, 6.07) is -0.702. The van der Waals surface area contributed by atoms with Crippen molar-refractivity contribution in [2.75, 3.05) is 19.7 Å². The second-order valence-electron chi connectivity index (χ2n) is 6.67. The molecule has 2 N–H and O–H groups in total. The largest absolute Gasteiger partial charge is 0.480 e. The lowest BCUT2D eigenvalue weighted by molar-refractivity contribution is -0.141. The van der Waals surface area contributed by atoms with E-state index in [0.29, 0.717) is 25.4 Å². The SMILES string of the molecule is O=C(O)C1CC2CCCCC2N1C(=O)N1CCC(CO)C1. The van der Waals surface area contributed by atoms with Crippen molar-refractivity contribution < 1.29 is 19.8 Å². The number of rotatable bonds is 2. The van der Waals surface area contributed by atoms with E-state index in [1.807, 2.05) is 0 Å². The summed E-state index contributed by atoms with van der Waals surface area (Å²) in [5.74, 6) is -0.391. The number of carbonyl (C=O) groups is 2. The first kappa shape index (κ1) is 14.6. The summed E-state index contributed by atoms with van der Waals surface area (Å²) in [5, 5.41) is 18.7. The highest BCUT2D eigenvalue weighted by atomic mass is 16.4. The molecule has 2 saturated heterocycles. The van der Waals surface area contributed by atoms with Crippen LogP contribution in [0.2, 0.25) is 0 Å². The average Bonchev–Trinajstić information content (AvgIpc) is 3.11. The molecule has 0 aromatic rings. The van der Waals surface area contributed by atoms with Gasteiger partial charge in [0.05, 0.1) is 0 Å². The predicted octanol–water partition coefficient (Wildman–Crippen LogP) is 1.14. The second-order valence-corrected chi connectivity index (χ2v) is 6.67.